The summed E-state index contributed by atoms with van der Waals surface area (Å²) >= 11 is 0. The number of nitrogens with one attached hydrogen (secondary N) is 1. The van der Waals surface area contributed by atoms with Crippen LogP contribution in [0.15, 0.2) is 48.5 Å². The third-order valence-corrected chi connectivity index (χ3v) is 3.77. The average Bonchev–Trinajstić information content (AvgIpc) is 2.54. The standard InChI is InChI=1S/C19H21NO4/c1-19(2,15-9-4-5-10-16(15)24-3)20-17(21)12-13-7-6-8-14(11-13)18(22)23/h4-11H,12H2,1-3H3,(H,20,21)(H,22,23). The number of carboxylic acid groups (broad SMARTS) is 1. The number of methoxy groups -OCH3 is 1. The number of aromatic carboxylic acids is 1. The molecule has 5 nitrogen and oxygen atoms in total. The number of ether oxygens (including phenoxy) is 1. The van der Waals surface area contributed by atoms with Gasteiger partial charge in [-0.15, -0.1) is 0 Å². The number of carbonyl (C=O) groups is 2. The third kappa shape index (κ3) is 4.13. The van der Waals surface area contributed by atoms with Gasteiger partial charge in [0.15, 0.2) is 0 Å². The Morgan fingerprint density at radius 2 is 1.83 bits per heavy atom. The number of carbonyl (C=O) groups excluding carboxylic acids is 1. The fourth-order valence-electron chi connectivity index (χ4n) is 2.62. The van der Waals surface area contributed by atoms with Gasteiger partial charge in [0, 0.05) is 5.56 Å². The highest BCUT2D eigenvalue weighted by atomic mass is 16.5. The van der Waals surface area contributed by atoms with Gasteiger partial charge in [-0.3, -0.25) is 4.79 Å². The first-order valence-electron chi connectivity index (χ1n) is 7.60. The van der Waals surface area contributed by atoms with E-state index in [-0.39, 0.29) is 17.9 Å². The van der Waals surface area contributed by atoms with Gasteiger partial charge in [-0.25, -0.2) is 4.79 Å². The van der Waals surface area contributed by atoms with E-state index >= 15 is 0 Å². The summed E-state index contributed by atoms with van der Waals surface area (Å²) in [6.45, 7) is 3.80. The summed E-state index contributed by atoms with van der Waals surface area (Å²) in [6, 6.07) is 13.9. The quantitative estimate of drug-likeness (QED) is 0.855. The van der Waals surface area contributed by atoms with Gasteiger partial charge in [0.05, 0.1) is 24.6 Å². The fourth-order valence-corrected chi connectivity index (χ4v) is 2.62. The molecule has 0 spiro atoms. The Morgan fingerprint density at radius 1 is 1.12 bits per heavy atom. The molecule has 0 radical (unpaired) electrons. The number of benzene rings is 2. The van der Waals surface area contributed by atoms with E-state index in [0.29, 0.717) is 11.3 Å². The molecule has 0 bridgehead atoms. The maximum Gasteiger partial charge on any atom is 0.335 e. The number of carboxylic acids is 1. The third-order valence-electron chi connectivity index (χ3n) is 3.77. The van der Waals surface area contributed by atoms with Gasteiger partial charge in [0.1, 0.15) is 5.75 Å². The minimum Gasteiger partial charge on any atom is -0.496 e. The Bertz CT molecular complexity index is 753. The summed E-state index contributed by atoms with van der Waals surface area (Å²) in [5.74, 6) is -0.490. The lowest BCUT2D eigenvalue weighted by molar-refractivity contribution is -0.122. The minimum absolute atomic E-state index is 0.111. The van der Waals surface area contributed by atoms with E-state index < -0.39 is 11.5 Å². The Kier molecular flexibility index (Phi) is 5.24. The van der Waals surface area contributed by atoms with Crippen LogP contribution >= 0.6 is 0 Å². The lowest BCUT2D eigenvalue weighted by Crippen LogP contribution is -2.42. The van der Waals surface area contributed by atoms with Crippen LogP contribution in [0.25, 0.3) is 0 Å². The lowest BCUT2D eigenvalue weighted by atomic mass is 9.93. The molecule has 0 atom stereocenters. The Balaban J connectivity index is 2.13. The molecule has 2 aromatic carbocycles. The summed E-state index contributed by atoms with van der Waals surface area (Å²) in [4.78, 5) is 23.4. The predicted molar refractivity (Wildman–Crippen MR) is 91.3 cm³/mol. The first kappa shape index (κ1) is 17.5. The summed E-state index contributed by atoms with van der Waals surface area (Å²) in [5, 5.41) is 12.0. The van der Waals surface area contributed by atoms with Crippen molar-refractivity contribution >= 4 is 11.9 Å². The zero-order chi connectivity index (χ0) is 17.7. The first-order valence-corrected chi connectivity index (χ1v) is 7.60. The molecule has 1 amide bonds. The summed E-state index contributed by atoms with van der Waals surface area (Å²) in [7, 11) is 1.59. The van der Waals surface area contributed by atoms with Crippen LogP contribution in [-0.4, -0.2) is 24.1 Å². The molecular weight excluding hydrogens is 306 g/mol. The molecule has 0 heterocycles. The van der Waals surface area contributed by atoms with Crippen molar-refractivity contribution in [2.45, 2.75) is 25.8 Å². The molecule has 0 aromatic heterocycles. The van der Waals surface area contributed by atoms with E-state index in [0.717, 1.165) is 5.56 Å². The maximum absolute atomic E-state index is 12.4. The molecule has 24 heavy (non-hydrogen) atoms. The van der Waals surface area contributed by atoms with Crippen LogP contribution in [-0.2, 0) is 16.8 Å². The lowest BCUT2D eigenvalue weighted by Gasteiger charge is -2.28. The van der Waals surface area contributed by atoms with Crippen molar-refractivity contribution in [2.75, 3.05) is 7.11 Å². The Morgan fingerprint density at radius 3 is 2.50 bits per heavy atom. The van der Waals surface area contributed by atoms with Crippen molar-refractivity contribution in [3.8, 4) is 5.75 Å². The highest BCUT2D eigenvalue weighted by molar-refractivity contribution is 5.88. The minimum atomic E-state index is -1.01. The maximum atomic E-state index is 12.4. The molecule has 126 valence electrons. The number of amides is 1. The molecular formula is C19H21NO4. The molecule has 0 saturated heterocycles. The largest absolute Gasteiger partial charge is 0.496 e. The van der Waals surface area contributed by atoms with Crippen LogP contribution in [0.3, 0.4) is 0 Å². The summed E-state index contributed by atoms with van der Waals surface area (Å²) < 4.78 is 5.36. The molecule has 0 aliphatic carbocycles. The molecule has 0 fully saturated rings. The van der Waals surface area contributed by atoms with Crippen LogP contribution in [0.1, 0.15) is 35.3 Å². The zero-order valence-electron chi connectivity index (χ0n) is 14.0. The van der Waals surface area contributed by atoms with Crippen LogP contribution < -0.4 is 10.1 Å². The van der Waals surface area contributed by atoms with Crippen molar-refractivity contribution in [1.82, 2.24) is 5.32 Å². The number of rotatable bonds is 6. The van der Waals surface area contributed by atoms with E-state index in [9.17, 15) is 9.59 Å². The number of hydrogen-bond donors (Lipinski definition) is 2. The van der Waals surface area contributed by atoms with Gasteiger partial charge < -0.3 is 15.2 Å². The zero-order valence-corrected chi connectivity index (χ0v) is 14.0. The van der Waals surface area contributed by atoms with Crippen LogP contribution in [0.4, 0.5) is 0 Å². The summed E-state index contributed by atoms with van der Waals surface area (Å²) in [5.41, 5.74) is 1.08. The first-order chi connectivity index (χ1) is 11.3. The van der Waals surface area contributed by atoms with Crippen molar-refractivity contribution in [1.29, 1.82) is 0 Å². The SMILES string of the molecule is COc1ccccc1C(C)(C)NC(=O)Cc1cccc(C(=O)O)c1. The van der Waals surface area contributed by atoms with Crippen molar-refractivity contribution in [3.63, 3.8) is 0 Å². The van der Waals surface area contributed by atoms with Gasteiger partial charge in [-0.2, -0.15) is 0 Å². The molecule has 2 aromatic rings. The Labute approximate surface area is 141 Å². The highest BCUT2D eigenvalue weighted by Crippen LogP contribution is 2.29. The highest BCUT2D eigenvalue weighted by Gasteiger charge is 2.26. The topological polar surface area (TPSA) is 75.6 Å². The molecule has 0 saturated carbocycles. The molecule has 5 heteroatoms. The van der Waals surface area contributed by atoms with Crippen LogP contribution in [0.2, 0.25) is 0 Å². The second-order valence-corrected chi connectivity index (χ2v) is 6.06. The number of para-hydroxylation sites is 1. The second-order valence-electron chi connectivity index (χ2n) is 6.06. The average molecular weight is 327 g/mol. The van der Waals surface area contributed by atoms with Gasteiger partial charge in [-0.05, 0) is 37.6 Å². The normalized spacial score (nSPS) is 11.0. The van der Waals surface area contributed by atoms with E-state index in [4.69, 9.17) is 9.84 Å². The van der Waals surface area contributed by atoms with E-state index in [1.165, 1.54) is 12.1 Å². The van der Waals surface area contributed by atoms with Crippen LogP contribution in [0, 0.1) is 0 Å². The van der Waals surface area contributed by atoms with Gasteiger partial charge in [0.2, 0.25) is 5.91 Å². The molecule has 0 aliphatic heterocycles. The molecule has 0 aliphatic rings. The second kappa shape index (κ2) is 7.17. The monoisotopic (exact) mass is 327 g/mol. The summed E-state index contributed by atoms with van der Waals surface area (Å²) in [6.07, 6.45) is 0.111. The smallest absolute Gasteiger partial charge is 0.335 e. The van der Waals surface area contributed by atoms with Gasteiger partial charge >= 0.3 is 5.97 Å². The van der Waals surface area contributed by atoms with E-state index in [1.807, 2.05) is 38.1 Å². The predicted octanol–water partition coefficient (Wildman–Crippen LogP) is 2.99. The van der Waals surface area contributed by atoms with Gasteiger partial charge in [-0.1, -0.05) is 30.3 Å². The van der Waals surface area contributed by atoms with E-state index in [1.54, 1.807) is 19.2 Å². The number of hydrogen-bond acceptors (Lipinski definition) is 3. The van der Waals surface area contributed by atoms with Crippen LogP contribution in [0.5, 0.6) is 5.75 Å². The molecule has 0 unspecified atom stereocenters. The van der Waals surface area contributed by atoms with Crippen molar-refractivity contribution in [3.05, 3.63) is 65.2 Å². The molecule has 2 N–H and O–H groups in total. The fraction of sp³-hybridized carbons (Fsp3) is 0.263. The Hall–Kier alpha value is -2.82. The molecule has 2 rings (SSSR count). The van der Waals surface area contributed by atoms with Crippen molar-refractivity contribution in [2.24, 2.45) is 0 Å². The van der Waals surface area contributed by atoms with Crippen molar-refractivity contribution < 1.29 is 19.4 Å². The van der Waals surface area contributed by atoms with Gasteiger partial charge in [0.25, 0.3) is 0 Å². The van der Waals surface area contributed by atoms with E-state index in [2.05, 4.69) is 5.32 Å².